The second kappa shape index (κ2) is 6.36. The van der Waals surface area contributed by atoms with Crippen LogP contribution >= 0.6 is 0 Å². The summed E-state index contributed by atoms with van der Waals surface area (Å²) in [7, 11) is 5.45. The fraction of sp³-hybridized carbons (Fsp3) is 0.643. The van der Waals surface area contributed by atoms with Gasteiger partial charge in [-0.15, -0.1) is 0 Å². The van der Waals surface area contributed by atoms with Crippen LogP contribution in [0.3, 0.4) is 0 Å². The van der Waals surface area contributed by atoms with Crippen molar-refractivity contribution < 1.29 is 9.53 Å². The van der Waals surface area contributed by atoms with Gasteiger partial charge in [0.05, 0.1) is 6.61 Å². The zero-order valence-corrected chi connectivity index (χ0v) is 13.1. The molecular weight excluding hydrogens is 270 g/mol. The Labute approximate surface area is 125 Å². The molecule has 1 aliphatic heterocycles. The first-order valence-corrected chi connectivity index (χ1v) is 7.01. The van der Waals surface area contributed by atoms with Crippen LogP contribution in [-0.2, 0) is 16.1 Å². The summed E-state index contributed by atoms with van der Waals surface area (Å²) in [6, 6.07) is 0. The molecular formula is C14H23N5O2. The molecule has 0 unspecified atom stereocenters. The fourth-order valence-corrected chi connectivity index (χ4v) is 2.41. The highest BCUT2D eigenvalue weighted by molar-refractivity contribution is 5.84. The van der Waals surface area contributed by atoms with E-state index in [0.29, 0.717) is 25.6 Å². The zero-order chi connectivity index (χ0) is 15.5. The van der Waals surface area contributed by atoms with Gasteiger partial charge < -0.3 is 15.0 Å². The average Bonchev–Trinajstić information content (AvgIpc) is 2.47. The number of likely N-dealkylation sites (N-methyl/N-ethyl adjacent to an activating group) is 1. The van der Waals surface area contributed by atoms with Gasteiger partial charge in [0.15, 0.2) is 5.60 Å². The fourth-order valence-electron chi connectivity index (χ4n) is 2.41. The number of hydrogen-bond donors (Lipinski definition) is 1. The molecule has 7 heteroatoms. The van der Waals surface area contributed by atoms with Gasteiger partial charge in [0.25, 0.3) is 5.91 Å². The second-order valence-electron chi connectivity index (χ2n) is 5.65. The summed E-state index contributed by atoms with van der Waals surface area (Å²) in [4.78, 5) is 24.6. The van der Waals surface area contributed by atoms with Crippen LogP contribution in [0.15, 0.2) is 12.4 Å². The number of ether oxygens (including phenoxy) is 1. The van der Waals surface area contributed by atoms with Crippen LogP contribution in [0.5, 0.6) is 0 Å². The third-order valence-electron chi connectivity index (χ3n) is 3.56. The Bertz CT molecular complexity index is 491. The molecule has 0 saturated carbocycles. The lowest BCUT2D eigenvalue weighted by atomic mass is 10.0. The Balaban J connectivity index is 2.01. The van der Waals surface area contributed by atoms with Gasteiger partial charge >= 0.3 is 0 Å². The number of amides is 1. The molecule has 21 heavy (non-hydrogen) atoms. The van der Waals surface area contributed by atoms with Gasteiger partial charge in [0, 0.05) is 58.7 Å². The average molecular weight is 293 g/mol. The van der Waals surface area contributed by atoms with E-state index in [0.717, 1.165) is 12.1 Å². The molecule has 0 aromatic carbocycles. The van der Waals surface area contributed by atoms with Crippen molar-refractivity contribution >= 4 is 11.9 Å². The molecule has 1 amide bonds. The van der Waals surface area contributed by atoms with Gasteiger partial charge in [-0.25, -0.2) is 9.97 Å². The van der Waals surface area contributed by atoms with Crippen LogP contribution in [0.2, 0.25) is 0 Å². The lowest BCUT2D eigenvalue weighted by molar-refractivity contribution is -0.156. The summed E-state index contributed by atoms with van der Waals surface area (Å²) in [5.74, 6) is 0.599. The van der Waals surface area contributed by atoms with E-state index in [1.165, 1.54) is 0 Å². The van der Waals surface area contributed by atoms with E-state index < -0.39 is 5.60 Å². The second-order valence-corrected chi connectivity index (χ2v) is 5.65. The van der Waals surface area contributed by atoms with Crippen molar-refractivity contribution in [1.29, 1.82) is 0 Å². The molecule has 2 heterocycles. The van der Waals surface area contributed by atoms with Crippen molar-refractivity contribution in [3.8, 4) is 0 Å². The van der Waals surface area contributed by atoms with Crippen molar-refractivity contribution in [3.63, 3.8) is 0 Å². The largest absolute Gasteiger partial charge is 0.363 e. The van der Waals surface area contributed by atoms with E-state index in [1.807, 2.05) is 38.3 Å². The Morgan fingerprint density at radius 1 is 1.48 bits per heavy atom. The predicted molar refractivity (Wildman–Crippen MR) is 80.1 cm³/mol. The van der Waals surface area contributed by atoms with Gasteiger partial charge in [0.2, 0.25) is 5.95 Å². The minimum absolute atomic E-state index is 0.0913. The highest BCUT2D eigenvalue weighted by Gasteiger charge is 2.38. The van der Waals surface area contributed by atoms with Crippen molar-refractivity contribution in [1.82, 2.24) is 20.2 Å². The van der Waals surface area contributed by atoms with E-state index >= 15 is 0 Å². The number of carbonyl (C=O) groups excluding carboxylic acids is 1. The molecule has 1 saturated heterocycles. The molecule has 1 aromatic heterocycles. The third-order valence-corrected chi connectivity index (χ3v) is 3.56. The Morgan fingerprint density at radius 3 is 2.71 bits per heavy atom. The molecule has 1 fully saturated rings. The molecule has 0 spiro atoms. The number of carbonyl (C=O) groups is 1. The summed E-state index contributed by atoms with van der Waals surface area (Å²) < 4.78 is 5.65. The molecule has 0 aliphatic carbocycles. The van der Waals surface area contributed by atoms with Crippen LogP contribution in [0, 0.1) is 0 Å². The number of anilines is 1. The minimum Gasteiger partial charge on any atom is -0.363 e. The first-order chi connectivity index (χ1) is 9.94. The highest BCUT2D eigenvalue weighted by Crippen LogP contribution is 2.19. The molecule has 1 aromatic rings. The summed E-state index contributed by atoms with van der Waals surface area (Å²) in [5, 5.41) is 2.66. The lowest BCUT2D eigenvalue weighted by Gasteiger charge is -2.39. The van der Waals surface area contributed by atoms with Gasteiger partial charge in [-0.2, -0.15) is 0 Å². The van der Waals surface area contributed by atoms with E-state index in [4.69, 9.17) is 4.74 Å². The van der Waals surface area contributed by atoms with Gasteiger partial charge in [-0.05, 0) is 6.92 Å². The molecule has 1 atom stereocenters. The van der Waals surface area contributed by atoms with Crippen molar-refractivity contribution in [3.05, 3.63) is 18.0 Å². The molecule has 7 nitrogen and oxygen atoms in total. The number of nitrogens with one attached hydrogen (secondary N) is 1. The first-order valence-electron chi connectivity index (χ1n) is 7.01. The smallest absolute Gasteiger partial charge is 0.253 e. The quantitative estimate of drug-likeness (QED) is 0.834. The maximum absolute atomic E-state index is 11.9. The third kappa shape index (κ3) is 3.68. The molecule has 0 radical (unpaired) electrons. The van der Waals surface area contributed by atoms with Crippen LogP contribution in [0.1, 0.15) is 12.5 Å². The summed E-state index contributed by atoms with van der Waals surface area (Å²) in [6.45, 7) is 4.43. The molecule has 1 aliphatic rings. The summed E-state index contributed by atoms with van der Waals surface area (Å²) in [6.07, 6.45) is 3.66. The van der Waals surface area contributed by atoms with Crippen LogP contribution in [0.25, 0.3) is 0 Å². The number of rotatable bonds is 4. The van der Waals surface area contributed by atoms with E-state index in [-0.39, 0.29) is 5.91 Å². The summed E-state index contributed by atoms with van der Waals surface area (Å²) in [5.41, 5.74) is 0.235. The molecule has 0 bridgehead atoms. The monoisotopic (exact) mass is 293 g/mol. The van der Waals surface area contributed by atoms with Crippen LogP contribution in [0.4, 0.5) is 5.95 Å². The van der Waals surface area contributed by atoms with E-state index in [9.17, 15) is 4.79 Å². The van der Waals surface area contributed by atoms with E-state index in [1.54, 1.807) is 7.05 Å². The maximum Gasteiger partial charge on any atom is 0.253 e. The first kappa shape index (κ1) is 15.7. The Morgan fingerprint density at radius 2 is 2.14 bits per heavy atom. The number of nitrogens with zero attached hydrogens (tertiary/aromatic N) is 4. The molecule has 2 rings (SSSR count). The number of morpholine rings is 1. The number of aromatic nitrogens is 2. The molecule has 116 valence electrons. The van der Waals surface area contributed by atoms with Gasteiger partial charge in [-0.3, -0.25) is 9.69 Å². The SMILES string of the molecule is CNC(=O)[C@@]1(C)CN(Cc2cnc(N(C)C)nc2)CCO1. The summed E-state index contributed by atoms with van der Waals surface area (Å²) >= 11 is 0. The zero-order valence-electron chi connectivity index (χ0n) is 13.1. The Hall–Kier alpha value is -1.73. The Kier molecular flexibility index (Phi) is 4.74. The predicted octanol–water partition coefficient (Wildman–Crippen LogP) is -0.120. The minimum atomic E-state index is -0.794. The normalized spacial score (nSPS) is 22.9. The van der Waals surface area contributed by atoms with Crippen molar-refractivity contribution in [2.24, 2.45) is 0 Å². The standard InChI is InChI=1S/C14H23N5O2/c1-14(12(20)15-2)10-19(5-6-21-14)9-11-7-16-13(17-8-11)18(3)4/h7-8H,5-6,9-10H2,1-4H3,(H,15,20)/t14-/m1/s1. The van der Waals surface area contributed by atoms with Crippen LogP contribution in [-0.4, -0.2) is 67.2 Å². The van der Waals surface area contributed by atoms with Crippen molar-refractivity contribution in [2.45, 2.75) is 19.1 Å². The van der Waals surface area contributed by atoms with Crippen LogP contribution < -0.4 is 10.2 Å². The van der Waals surface area contributed by atoms with E-state index in [2.05, 4.69) is 20.2 Å². The van der Waals surface area contributed by atoms with Gasteiger partial charge in [-0.1, -0.05) is 0 Å². The highest BCUT2D eigenvalue weighted by atomic mass is 16.5. The van der Waals surface area contributed by atoms with Crippen molar-refractivity contribution in [2.75, 3.05) is 45.7 Å². The molecule has 1 N–H and O–H groups in total. The maximum atomic E-state index is 11.9. The lowest BCUT2D eigenvalue weighted by Crippen LogP contribution is -2.57. The number of hydrogen-bond acceptors (Lipinski definition) is 6. The van der Waals surface area contributed by atoms with Gasteiger partial charge in [0.1, 0.15) is 0 Å². The topological polar surface area (TPSA) is 70.6 Å².